The van der Waals surface area contributed by atoms with Gasteiger partial charge in [-0.1, -0.05) is 52.9 Å². The van der Waals surface area contributed by atoms with Crippen LogP contribution in [0.3, 0.4) is 0 Å². The minimum Gasteiger partial charge on any atom is -0.351 e. The number of carbonyl (C=O) groups excluding carboxylic acids is 1. The quantitative estimate of drug-likeness (QED) is 0.681. The van der Waals surface area contributed by atoms with Gasteiger partial charge in [0.15, 0.2) is 0 Å². The first-order valence-electron chi connectivity index (χ1n) is 7.08. The van der Waals surface area contributed by atoms with Crippen LogP contribution in [0.2, 0.25) is 0 Å². The number of amides is 2. The van der Waals surface area contributed by atoms with E-state index in [0.717, 1.165) is 13.1 Å². The van der Waals surface area contributed by atoms with Crippen LogP contribution >= 0.6 is 0 Å². The predicted octanol–water partition coefficient (Wildman–Crippen LogP) is 3.38. The monoisotopic (exact) mass is 240 g/mol. The molecule has 0 bridgehead atoms. The van der Waals surface area contributed by atoms with Gasteiger partial charge in [-0.25, -0.2) is 4.79 Å². The highest BCUT2D eigenvalue weighted by Gasteiger charge is 2.41. The van der Waals surface area contributed by atoms with Gasteiger partial charge in [-0.3, -0.25) is 0 Å². The largest absolute Gasteiger partial charge is 0.351 e. The number of hydrogen-bond donors (Lipinski definition) is 1. The second-order valence-electron chi connectivity index (χ2n) is 5.76. The minimum absolute atomic E-state index is 0.259. The summed E-state index contributed by atoms with van der Waals surface area (Å²) in [6, 6.07) is -0.259. The van der Waals surface area contributed by atoms with Gasteiger partial charge in [0, 0.05) is 13.1 Å². The molecule has 1 unspecified atom stereocenters. The molecule has 2 N–H and O–H groups in total. The third kappa shape index (κ3) is 3.62. The van der Waals surface area contributed by atoms with Crippen LogP contribution < -0.4 is 5.73 Å². The Balaban J connectivity index is 2.33. The molecule has 1 rings (SSSR count). The van der Waals surface area contributed by atoms with E-state index in [9.17, 15) is 4.79 Å². The number of carbonyl (C=O) groups is 1. The number of primary amides is 1. The highest BCUT2D eigenvalue weighted by Crippen LogP contribution is 2.41. The molecule has 1 saturated heterocycles. The standard InChI is InChI=1S/C14H28N2O/c1-4-6-7-8-9-14(3,5-2)12-10-16(11-12)13(15)17/h12H,4-11H2,1-3H3,(H2,15,17). The molecule has 1 aliphatic rings. The van der Waals surface area contributed by atoms with Crippen LogP contribution in [-0.2, 0) is 0 Å². The van der Waals surface area contributed by atoms with Gasteiger partial charge < -0.3 is 10.6 Å². The molecule has 0 spiro atoms. The Kier molecular flexibility index (Phi) is 5.29. The zero-order valence-electron chi connectivity index (χ0n) is 11.7. The molecule has 1 fully saturated rings. The molecular formula is C14H28N2O. The smallest absolute Gasteiger partial charge is 0.314 e. The molecule has 100 valence electrons. The van der Waals surface area contributed by atoms with Crippen LogP contribution in [0.4, 0.5) is 4.79 Å². The molecule has 17 heavy (non-hydrogen) atoms. The summed E-state index contributed by atoms with van der Waals surface area (Å²) < 4.78 is 0. The minimum atomic E-state index is -0.259. The lowest BCUT2D eigenvalue weighted by molar-refractivity contribution is 0.0239. The van der Waals surface area contributed by atoms with Crippen molar-refractivity contribution in [3.05, 3.63) is 0 Å². The first-order chi connectivity index (χ1) is 8.03. The average molecular weight is 240 g/mol. The van der Waals surface area contributed by atoms with Gasteiger partial charge in [-0.05, 0) is 17.8 Å². The molecule has 0 saturated carbocycles. The SMILES string of the molecule is CCCCCCC(C)(CC)C1CN(C(N)=O)C1. The van der Waals surface area contributed by atoms with Gasteiger partial charge in [0.1, 0.15) is 0 Å². The Labute approximate surface area is 106 Å². The fourth-order valence-electron chi connectivity index (χ4n) is 2.72. The van der Waals surface area contributed by atoms with E-state index in [1.54, 1.807) is 4.90 Å². The van der Waals surface area contributed by atoms with E-state index < -0.39 is 0 Å². The van der Waals surface area contributed by atoms with Crippen LogP contribution in [0.1, 0.15) is 59.3 Å². The summed E-state index contributed by atoms with van der Waals surface area (Å²) in [4.78, 5) is 12.7. The Bertz CT molecular complexity index is 249. The van der Waals surface area contributed by atoms with Crippen molar-refractivity contribution in [2.45, 2.75) is 59.3 Å². The van der Waals surface area contributed by atoms with Crippen LogP contribution in [0.5, 0.6) is 0 Å². The molecular weight excluding hydrogens is 212 g/mol. The Morgan fingerprint density at radius 1 is 1.29 bits per heavy atom. The molecule has 3 heteroatoms. The van der Waals surface area contributed by atoms with E-state index in [4.69, 9.17) is 5.73 Å². The van der Waals surface area contributed by atoms with Crippen LogP contribution in [0.15, 0.2) is 0 Å². The second-order valence-corrected chi connectivity index (χ2v) is 5.76. The molecule has 2 amide bonds. The summed E-state index contributed by atoms with van der Waals surface area (Å²) in [5.74, 6) is 0.654. The normalized spacial score (nSPS) is 19.8. The second kappa shape index (κ2) is 6.27. The summed E-state index contributed by atoms with van der Waals surface area (Å²) >= 11 is 0. The molecule has 1 aliphatic heterocycles. The number of nitrogens with zero attached hydrogens (tertiary/aromatic N) is 1. The summed E-state index contributed by atoms with van der Waals surface area (Å²) in [5.41, 5.74) is 5.67. The maximum atomic E-state index is 11.0. The fourth-order valence-corrected chi connectivity index (χ4v) is 2.72. The Hall–Kier alpha value is -0.730. The first kappa shape index (κ1) is 14.3. The third-order valence-corrected chi connectivity index (χ3v) is 4.59. The average Bonchev–Trinajstić information content (AvgIpc) is 2.22. The zero-order valence-corrected chi connectivity index (χ0v) is 11.7. The zero-order chi connectivity index (χ0) is 12.9. The van der Waals surface area contributed by atoms with Crippen LogP contribution in [-0.4, -0.2) is 24.0 Å². The summed E-state index contributed by atoms with van der Waals surface area (Å²) in [7, 11) is 0. The van der Waals surface area contributed by atoms with Crippen molar-refractivity contribution in [1.29, 1.82) is 0 Å². The number of unbranched alkanes of at least 4 members (excludes halogenated alkanes) is 3. The van der Waals surface area contributed by atoms with E-state index in [1.165, 1.54) is 38.5 Å². The first-order valence-corrected chi connectivity index (χ1v) is 7.08. The lowest BCUT2D eigenvalue weighted by Gasteiger charge is -2.48. The van der Waals surface area contributed by atoms with Gasteiger partial charge in [-0.2, -0.15) is 0 Å². The molecule has 3 nitrogen and oxygen atoms in total. The highest BCUT2D eigenvalue weighted by atomic mass is 16.2. The summed E-state index contributed by atoms with van der Waals surface area (Å²) in [6.45, 7) is 8.63. The van der Waals surface area contributed by atoms with E-state index in [1.807, 2.05) is 0 Å². The Morgan fingerprint density at radius 2 is 1.94 bits per heavy atom. The summed E-state index contributed by atoms with van der Waals surface area (Å²) in [5, 5.41) is 0. The molecule has 1 heterocycles. The molecule has 0 aromatic heterocycles. The molecule has 1 atom stereocenters. The third-order valence-electron chi connectivity index (χ3n) is 4.59. The van der Waals surface area contributed by atoms with E-state index in [-0.39, 0.29) is 6.03 Å². The van der Waals surface area contributed by atoms with Gasteiger partial charge in [0.05, 0.1) is 0 Å². The molecule has 0 aliphatic carbocycles. The van der Waals surface area contributed by atoms with Crippen molar-refractivity contribution in [1.82, 2.24) is 4.90 Å². The van der Waals surface area contributed by atoms with Crippen LogP contribution in [0.25, 0.3) is 0 Å². The van der Waals surface area contributed by atoms with Crippen molar-refractivity contribution in [2.24, 2.45) is 17.1 Å². The van der Waals surface area contributed by atoms with Crippen molar-refractivity contribution >= 4 is 6.03 Å². The number of hydrogen-bond acceptors (Lipinski definition) is 1. The highest BCUT2D eigenvalue weighted by molar-refractivity contribution is 5.72. The number of rotatable bonds is 7. The topological polar surface area (TPSA) is 46.3 Å². The fraction of sp³-hybridized carbons (Fsp3) is 0.929. The predicted molar refractivity (Wildman–Crippen MR) is 71.8 cm³/mol. The lowest BCUT2D eigenvalue weighted by Crippen LogP contribution is -2.57. The van der Waals surface area contributed by atoms with Gasteiger partial charge >= 0.3 is 6.03 Å². The van der Waals surface area contributed by atoms with Crippen molar-refractivity contribution < 1.29 is 4.79 Å². The van der Waals surface area contributed by atoms with Crippen LogP contribution in [0, 0.1) is 11.3 Å². The molecule has 0 aromatic rings. The number of urea groups is 1. The maximum Gasteiger partial charge on any atom is 0.314 e. The van der Waals surface area contributed by atoms with Crippen molar-refractivity contribution in [3.8, 4) is 0 Å². The van der Waals surface area contributed by atoms with Crippen molar-refractivity contribution in [2.75, 3.05) is 13.1 Å². The van der Waals surface area contributed by atoms with Gasteiger partial charge in [-0.15, -0.1) is 0 Å². The van der Waals surface area contributed by atoms with E-state index >= 15 is 0 Å². The van der Waals surface area contributed by atoms with Crippen molar-refractivity contribution in [3.63, 3.8) is 0 Å². The van der Waals surface area contributed by atoms with E-state index in [0.29, 0.717) is 11.3 Å². The molecule has 0 aromatic carbocycles. The Morgan fingerprint density at radius 3 is 2.41 bits per heavy atom. The van der Waals surface area contributed by atoms with Gasteiger partial charge in [0.25, 0.3) is 0 Å². The number of nitrogens with two attached hydrogens (primary N) is 1. The lowest BCUT2D eigenvalue weighted by atomic mass is 9.68. The summed E-state index contributed by atoms with van der Waals surface area (Å²) in [6.07, 6.45) is 7.81. The van der Waals surface area contributed by atoms with E-state index in [2.05, 4.69) is 20.8 Å². The molecule has 0 radical (unpaired) electrons. The number of likely N-dealkylation sites (tertiary alicyclic amines) is 1. The maximum absolute atomic E-state index is 11.0. The van der Waals surface area contributed by atoms with Gasteiger partial charge in [0.2, 0.25) is 0 Å².